The van der Waals surface area contributed by atoms with Crippen molar-refractivity contribution in [3.63, 3.8) is 0 Å². The molecular formula is C31H37FN8O3. The van der Waals surface area contributed by atoms with Gasteiger partial charge in [-0.3, -0.25) is 4.90 Å². The third-order valence-electron chi connectivity index (χ3n) is 7.34. The van der Waals surface area contributed by atoms with E-state index in [1.54, 1.807) is 41.3 Å². The van der Waals surface area contributed by atoms with Crippen LogP contribution in [-0.2, 0) is 17.6 Å². The second-order valence-corrected chi connectivity index (χ2v) is 10.5. The number of ether oxygens (including phenoxy) is 1. The van der Waals surface area contributed by atoms with Crippen molar-refractivity contribution in [3.05, 3.63) is 84.3 Å². The predicted octanol–water partition coefficient (Wildman–Crippen LogP) is 4.21. The number of fused-ring (bicyclic) bond motifs is 1. The van der Waals surface area contributed by atoms with Gasteiger partial charge in [-0.2, -0.15) is 5.10 Å². The molecule has 3 aromatic heterocycles. The Morgan fingerprint density at radius 3 is 2.84 bits per heavy atom. The van der Waals surface area contributed by atoms with Crippen LogP contribution >= 0.6 is 0 Å². The molecule has 0 saturated carbocycles. The summed E-state index contributed by atoms with van der Waals surface area (Å²) in [7, 11) is 0. The highest BCUT2D eigenvalue weighted by atomic mass is 19.1. The number of benzene rings is 1. The molecule has 1 aliphatic heterocycles. The zero-order chi connectivity index (χ0) is 29.9. The molecule has 0 saturated heterocycles. The summed E-state index contributed by atoms with van der Waals surface area (Å²) >= 11 is 0. The van der Waals surface area contributed by atoms with Crippen LogP contribution in [0.3, 0.4) is 0 Å². The summed E-state index contributed by atoms with van der Waals surface area (Å²) in [5.41, 5.74) is 2.36. The number of carboxylic acid groups (broad SMARTS) is 1. The highest BCUT2D eigenvalue weighted by molar-refractivity contribution is 5.76. The second-order valence-electron chi connectivity index (χ2n) is 10.5. The molecule has 0 bridgehead atoms. The number of carboxylic acids is 1. The van der Waals surface area contributed by atoms with Crippen molar-refractivity contribution in [2.24, 2.45) is 0 Å². The van der Waals surface area contributed by atoms with Crippen molar-refractivity contribution in [1.82, 2.24) is 29.6 Å². The van der Waals surface area contributed by atoms with Crippen molar-refractivity contribution in [2.75, 3.05) is 43.4 Å². The van der Waals surface area contributed by atoms with Crippen LogP contribution in [0.15, 0.2) is 67.3 Å². The maximum atomic E-state index is 13.3. The van der Waals surface area contributed by atoms with E-state index >= 15 is 0 Å². The number of hydrogen-bond acceptors (Lipinski definition) is 9. The topological polar surface area (TPSA) is 130 Å². The minimum absolute atomic E-state index is 0.314. The van der Waals surface area contributed by atoms with Crippen LogP contribution in [0.5, 0.6) is 5.75 Å². The fraction of sp³-hybridized carbons (Fsp3) is 0.387. The molecule has 0 spiro atoms. The normalized spacial score (nSPS) is 13.3. The smallest absolute Gasteiger partial charge is 0.326 e. The van der Waals surface area contributed by atoms with Gasteiger partial charge in [0.05, 0.1) is 0 Å². The summed E-state index contributed by atoms with van der Waals surface area (Å²) in [6, 6.07) is 12.8. The molecule has 4 aromatic rings. The number of aromatic nitrogens is 5. The number of halogens is 1. The Bertz CT molecular complexity index is 1450. The number of rotatable bonds is 16. The average Bonchev–Trinajstić information content (AvgIpc) is 3.57. The van der Waals surface area contributed by atoms with Gasteiger partial charge in [-0.25, -0.2) is 28.8 Å². The van der Waals surface area contributed by atoms with Crippen molar-refractivity contribution < 1.29 is 19.0 Å². The van der Waals surface area contributed by atoms with Crippen LogP contribution in [-0.4, -0.2) is 79.5 Å². The van der Waals surface area contributed by atoms with E-state index in [-0.39, 0.29) is 5.82 Å². The number of aryl methyl sites for hydroxylation is 2. The van der Waals surface area contributed by atoms with Gasteiger partial charge >= 0.3 is 5.97 Å². The minimum Gasteiger partial charge on any atom is -0.492 e. The first-order chi connectivity index (χ1) is 21.0. The Labute approximate surface area is 250 Å². The predicted molar refractivity (Wildman–Crippen MR) is 161 cm³/mol. The third kappa shape index (κ3) is 8.95. The zero-order valence-corrected chi connectivity index (χ0v) is 24.0. The summed E-state index contributed by atoms with van der Waals surface area (Å²) in [5, 5.41) is 20.6. The van der Waals surface area contributed by atoms with Crippen molar-refractivity contribution in [3.8, 4) is 11.6 Å². The van der Waals surface area contributed by atoms with Crippen molar-refractivity contribution >= 4 is 17.6 Å². The summed E-state index contributed by atoms with van der Waals surface area (Å²) in [6.07, 6.45) is 10.1. The average molecular weight is 589 g/mol. The molecule has 12 heteroatoms. The Kier molecular flexibility index (Phi) is 10.5. The minimum atomic E-state index is -0.964. The fourth-order valence-electron chi connectivity index (χ4n) is 5.01. The molecule has 3 N–H and O–H groups in total. The first kappa shape index (κ1) is 29.9. The number of anilines is 2. The van der Waals surface area contributed by atoms with Gasteiger partial charge in [0.15, 0.2) is 5.82 Å². The lowest BCUT2D eigenvalue weighted by Gasteiger charge is -2.25. The molecule has 1 atom stereocenters. The fourth-order valence-corrected chi connectivity index (χ4v) is 5.01. The van der Waals surface area contributed by atoms with Crippen LogP contribution in [0.4, 0.5) is 16.0 Å². The van der Waals surface area contributed by atoms with E-state index in [0.717, 1.165) is 56.7 Å². The molecule has 1 unspecified atom stereocenters. The van der Waals surface area contributed by atoms with Gasteiger partial charge in [-0.15, -0.1) is 0 Å². The number of hydrogen-bond donors (Lipinski definition) is 3. The number of unbranched alkanes of at least 4 members (excludes halogenated alkanes) is 1. The lowest BCUT2D eigenvalue weighted by Crippen LogP contribution is -2.37. The number of nitrogens with zero attached hydrogens (tertiary/aromatic N) is 6. The van der Waals surface area contributed by atoms with Crippen LogP contribution < -0.4 is 15.4 Å². The SMILES string of the molecule is O=C(O)C(CCN(CCCCc1ccc2c(n1)NCCC2)CCOc1ccc(F)cc1)Nc1cc(-n2cccn2)ncn1. The van der Waals surface area contributed by atoms with E-state index in [1.165, 1.54) is 24.0 Å². The van der Waals surface area contributed by atoms with Crippen LogP contribution in [0.25, 0.3) is 5.82 Å². The largest absolute Gasteiger partial charge is 0.492 e. The van der Waals surface area contributed by atoms with Gasteiger partial charge in [-0.05, 0) is 87.0 Å². The number of carbonyl (C=O) groups is 1. The third-order valence-corrected chi connectivity index (χ3v) is 7.34. The van der Waals surface area contributed by atoms with E-state index < -0.39 is 12.0 Å². The van der Waals surface area contributed by atoms with Gasteiger partial charge in [0.25, 0.3) is 0 Å². The highest BCUT2D eigenvalue weighted by Crippen LogP contribution is 2.20. The molecule has 0 radical (unpaired) electrons. The molecule has 1 aliphatic rings. The zero-order valence-electron chi connectivity index (χ0n) is 24.0. The number of pyridine rings is 1. The first-order valence-corrected chi connectivity index (χ1v) is 14.7. The summed E-state index contributed by atoms with van der Waals surface area (Å²) in [6.45, 7) is 3.27. The molecule has 1 aromatic carbocycles. The number of nitrogens with one attached hydrogen (secondary N) is 2. The van der Waals surface area contributed by atoms with Gasteiger partial charge < -0.3 is 20.5 Å². The van der Waals surface area contributed by atoms with Crippen LogP contribution in [0, 0.1) is 5.82 Å². The van der Waals surface area contributed by atoms with E-state index in [4.69, 9.17) is 9.72 Å². The van der Waals surface area contributed by atoms with E-state index in [2.05, 4.69) is 42.7 Å². The van der Waals surface area contributed by atoms with E-state index in [0.29, 0.717) is 43.5 Å². The molecule has 226 valence electrons. The molecular weight excluding hydrogens is 551 g/mol. The van der Waals surface area contributed by atoms with Crippen LogP contribution in [0.1, 0.15) is 36.9 Å². The maximum absolute atomic E-state index is 13.3. The molecule has 11 nitrogen and oxygen atoms in total. The standard InChI is InChI=1S/C31H37FN8O3/c32-24-8-11-26(12-9-24)43-20-19-39(16-2-1-6-25-10-7-23-5-3-14-33-30(23)37-25)18-13-27(31(41)42)38-28-21-29(35-22-34-28)40-17-4-15-36-40/h4,7-12,15,17,21-22,27H,1-3,5-6,13-14,16,18-20H2,(H,33,37)(H,41,42)(H,34,35,38). The molecule has 4 heterocycles. The van der Waals surface area contributed by atoms with Gasteiger partial charge in [-0.1, -0.05) is 6.07 Å². The van der Waals surface area contributed by atoms with Crippen molar-refractivity contribution in [2.45, 2.75) is 44.6 Å². The molecule has 5 rings (SSSR count). The summed E-state index contributed by atoms with van der Waals surface area (Å²) in [4.78, 5) is 27.6. The summed E-state index contributed by atoms with van der Waals surface area (Å²) < 4.78 is 20.7. The lowest BCUT2D eigenvalue weighted by atomic mass is 10.1. The second kappa shape index (κ2) is 15.1. The Hall–Kier alpha value is -4.58. The molecule has 0 amide bonds. The maximum Gasteiger partial charge on any atom is 0.326 e. The lowest BCUT2D eigenvalue weighted by molar-refractivity contribution is -0.138. The molecule has 43 heavy (non-hydrogen) atoms. The van der Waals surface area contributed by atoms with Gasteiger partial charge in [0.1, 0.15) is 42.2 Å². The van der Waals surface area contributed by atoms with Gasteiger partial charge in [0, 0.05) is 43.8 Å². The molecule has 0 fully saturated rings. The van der Waals surface area contributed by atoms with E-state index in [1.807, 2.05) is 0 Å². The first-order valence-electron chi connectivity index (χ1n) is 14.7. The van der Waals surface area contributed by atoms with E-state index in [9.17, 15) is 14.3 Å². The van der Waals surface area contributed by atoms with Crippen molar-refractivity contribution in [1.29, 1.82) is 0 Å². The van der Waals surface area contributed by atoms with Crippen LogP contribution in [0.2, 0.25) is 0 Å². The quantitative estimate of drug-likeness (QED) is 0.164. The Morgan fingerprint density at radius 1 is 1.14 bits per heavy atom. The Morgan fingerprint density at radius 2 is 2.02 bits per heavy atom. The number of aliphatic carboxylic acids is 1. The summed E-state index contributed by atoms with van der Waals surface area (Å²) in [5.74, 6) is 1.27. The molecule has 0 aliphatic carbocycles. The van der Waals surface area contributed by atoms with Gasteiger partial charge in [0.2, 0.25) is 0 Å². The monoisotopic (exact) mass is 588 g/mol. The highest BCUT2D eigenvalue weighted by Gasteiger charge is 2.20. The Balaban J connectivity index is 1.16.